The van der Waals surface area contributed by atoms with Gasteiger partial charge in [-0.05, 0) is 51.9 Å². The molecular weight excluding hydrogens is 228 g/mol. The molecule has 0 bridgehead atoms. The molecule has 0 spiro atoms. The van der Waals surface area contributed by atoms with Gasteiger partial charge in [0.15, 0.2) is 0 Å². The molecule has 1 N–H and O–H groups in total. The first-order valence-electron chi connectivity index (χ1n) is 7.50. The van der Waals surface area contributed by atoms with E-state index in [0.29, 0.717) is 0 Å². The smallest absolute Gasteiger partial charge is 0.00724 e. The Kier molecular flexibility index (Phi) is 6.76. The fourth-order valence-corrected chi connectivity index (χ4v) is 4.11. The maximum absolute atomic E-state index is 3.45. The highest BCUT2D eigenvalue weighted by molar-refractivity contribution is 7.99. The second-order valence-corrected chi connectivity index (χ2v) is 6.84. The van der Waals surface area contributed by atoms with Gasteiger partial charge >= 0.3 is 0 Å². The molecule has 2 fully saturated rings. The molecular formula is C14H28N2S. The van der Waals surface area contributed by atoms with Crippen LogP contribution in [0.2, 0.25) is 0 Å². The van der Waals surface area contributed by atoms with Crippen LogP contribution in [0, 0.1) is 0 Å². The van der Waals surface area contributed by atoms with Gasteiger partial charge in [0.25, 0.3) is 0 Å². The lowest BCUT2D eigenvalue weighted by Gasteiger charge is -2.26. The van der Waals surface area contributed by atoms with Crippen LogP contribution < -0.4 is 5.32 Å². The highest BCUT2D eigenvalue weighted by atomic mass is 32.2. The number of nitrogens with zero attached hydrogens (tertiary/aromatic N) is 1. The van der Waals surface area contributed by atoms with Gasteiger partial charge < -0.3 is 10.2 Å². The van der Waals surface area contributed by atoms with Gasteiger partial charge in [-0.25, -0.2) is 0 Å². The molecule has 17 heavy (non-hydrogen) atoms. The Labute approximate surface area is 111 Å². The fourth-order valence-electron chi connectivity index (χ4n) is 2.85. The number of thioether (sulfide) groups is 1. The van der Waals surface area contributed by atoms with E-state index in [-0.39, 0.29) is 0 Å². The van der Waals surface area contributed by atoms with E-state index in [1.807, 2.05) is 0 Å². The zero-order chi connectivity index (χ0) is 11.8. The molecule has 2 nitrogen and oxygen atoms in total. The molecule has 2 aliphatic heterocycles. The Hall–Kier alpha value is 0.270. The Morgan fingerprint density at radius 2 is 1.59 bits per heavy atom. The highest BCUT2D eigenvalue weighted by Gasteiger charge is 2.14. The molecule has 0 amide bonds. The lowest BCUT2D eigenvalue weighted by atomic mass is 10.1. The maximum Gasteiger partial charge on any atom is 0.00724 e. The van der Waals surface area contributed by atoms with Gasteiger partial charge in [-0.15, -0.1) is 0 Å². The standard InChI is InChI=1S/C14H28N2S/c1-2-4-10-16(11-5-3-1)12-13-17-14-6-8-15-9-7-14/h14-15H,1-13H2. The lowest BCUT2D eigenvalue weighted by molar-refractivity contribution is 0.261. The summed E-state index contributed by atoms with van der Waals surface area (Å²) < 4.78 is 0. The van der Waals surface area contributed by atoms with E-state index in [1.165, 1.54) is 83.4 Å². The summed E-state index contributed by atoms with van der Waals surface area (Å²) in [5, 5.41) is 4.38. The summed E-state index contributed by atoms with van der Waals surface area (Å²) in [4.78, 5) is 2.70. The predicted molar refractivity (Wildman–Crippen MR) is 77.9 cm³/mol. The minimum atomic E-state index is 0.936. The quantitative estimate of drug-likeness (QED) is 0.832. The second-order valence-electron chi connectivity index (χ2n) is 5.43. The molecule has 2 saturated heterocycles. The van der Waals surface area contributed by atoms with E-state index >= 15 is 0 Å². The van der Waals surface area contributed by atoms with Gasteiger partial charge in [0, 0.05) is 17.5 Å². The first-order chi connectivity index (χ1) is 8.45. The Balaban J connectivity index is 1.56. The van der Waals surface area contributed by atoms with Gasteiger partial charge in [0.05, 0.1) is 0 Å². The van der Waals surface area contributed by atoms with Crippen LogP contribution in [0.5, 0.6) is 0 Å². The summed E-state index contributed by atoms with van der Waals surface area (Å²) in [7, 11) is 0. The van der Waals surface area contributed by atoms with Gasteiger partial charge in [0.1, 0.15) is 0 Å². The Bertz CT molecular complexity index is 185. The van der Waals surface area contributed by atoms with Crippen LogP contribution in [0.4, 0.5) is 0 Å². The predicted octanol–water partition coefficient (Wildman–Crippen LogP) is 2.74. The van der Waals surface area contributed by atoms with E-state index in [0.717, 1.165) is 5.25 Å². The van der Waals surface area contributed by atoms with E-state index < -0.39 is 0 Å². The molecule has 100 valence electrons. The molecule has 0 aromatic carbocycles. The van der Waals surface area contributed by atoms with Gasteiger partial charge in [-0.3, -0.25) is 0 Å². The summed E-state index contributed by atoms with van der Waals surface area (Å²) in [6.45, 7) is 6.51. The first kappa shape index (κ1) is 13.7. The summed E-state index contributed by atoms with van der Waals surface area (Å²) in [6.07, 6.45) is 10.00. The largest absolute Gasteiger partial charge is 0.317 e. The second kappa shape index (κ2) is 8.39. The monoisotopic (exact) mass is 256 g/mol. The van der Waals surface area contributed by atoms with Crippen molar-refractivity contribution < 1.29 is 0 Å². The molecule has 0 aromatic rings. The number of hydrogen-bond donors (Lipinski definition) is 1. The van der Waals surface area contributed by atoms with Crippen LogP contribution in [-0.2, 0) is 0 Å². The number of hydrogen-bond acceptors (Lipinski definition) is 3. The molecule has 0 aromatic heterocycles. The number of rotatable bonds is 4. The molecule has 2 rings (SSSR count). The van der Waals surface area contributed by atoms with Gasteiger partial charge in [-0.2, -0.15) is 11.8 Å². The highest BCUT2D eigenvalue weighted by Crippen LogP contribution is 2.20. The number of nitrogens with one attached hydrogen (secondary N) is 1. The van der Waals surface area contributed by atoms with E-state index in [4.69, 9.17) is 0 Å². The molecule has 0 aliphatic carbocycles. The molecule has 0 radical (unpaired) electrons. The lowest BCUT2D eigenvalue weighted by Crippen LogP contribution is -2.32. The normalized spacial score (nSPS) is 25.4. The van der Waals surface area contributed by atoms with E-state index in [9.17, 15) is 0 Å². The van der Waals surface area contributed by atoms with Crippen LogP contribution in [-0.4, -0.2) is 48.6 Å². The van der Waals surface area contributed by atoms with Crippen molar-refractivity contribution in [1.29, 1.82) is 0 Å². The van der Waals surface area contributed by atoms with Crippen LogP contribution in [0.15, 0.2) is 0 Å². The molecule has 2 heterocycles. The third kappa shape index (κ3) is 5.62. The van der Waals surface area contributed by atoms with Crippen LogP contribution in [0.1, 0.15) is 44.9 Å². The maximum atomic E-state index is 3.45. The van der Waals surface area contributed by atoms with Crippen molar-refractivity contribution in [3.63, 3.8) is 0 Å². The molecule has 0 unspecified atom stereocenters. The minimum Gasteiger partial charge on any atom is -0.317 e. The first-order valence-corrected chi connectivity index (χ1v) is 8.55. The topological polar surface area (TPSA) is 15.3 Å². The average molecular weight is 256 g/mol. The van der Waals surface area contributed by atoms with E-state index in [1.54, 1.807) is 0 Å². The van der Waals surface area contributed by atoms with Gasteiger partial charge in [0.2, 0.25) is 0 Å². The van der Waals surface area contributed by atoms with Crippen LogP contribution >= 0.6 is 11.8 Å². The summed E-state index contributed by atoms with van der Waals surface area (Å²) >= 11 is 2.22. The van der Waals surface area contributed by atoms with Crippen LogP contribution in [0.3, 0.4) is 0 Å². The van der Waals surface area contributed by atoms with E-state index in [2.05, 4.69) is 22.0 Å². The SMILES string of the molecule is C1CCCN(CCSC2CCNCC2)CCC1. The van der Waals surface area contributed by atoms with Crippen molar-refractivity contribution in [3.8, 4) is 0 Å². The van der Waals surface area contributed by atoms with Crippen LogP contribution in [0.25, 0.3) is 0 Å². The van der Waals surface area contributed by atoms with Crippen molar-refractivity contribution in [1.82, 2.24) is 10.2 Å². The third-order valence-electron chi connectivity index (χ3n) is 4.00. The Morgan fingerprint density at radius 1 is 0.941 bits per heavy atom. The molecule has 0 saturated carbocycles. The molecule has 2 aliphatic rings. The van der Waals surface area contributed by atoms with Gasteiger partial charge in [-0.1, -0.05) is 19.3 Å². The minimum absolute atomic E-state index is 0.936. The van der Waals surface area contributed by atoms with Crippen molar-refractivity contribution in [2.75, 3.05) is 38.5 Å². The number of likely N-dealkylation sites (tertiary alicyclic amines) is 1. The third-order valence-corrected chi connectivity index (χ3v) is 5.36. The zero-order valence-electron chi connectivity index (χ0n) is 11.1. The Morgan fingerprint density at radius 3 is 2.29 bits per heavy atom. The summed E-state index contributed by atoms with van der Waals surface area (Å²) in [6, 6.07) is 0. The van der Waals surface area contributed by atoms with Crippen molar-refractivity contribution in [2.45, 2.75) is 50.2 Å². The van der Waals surface area contributed by atoms with Crippen molar-refractivity contribution in [3.05, 3.63) is 0 Å². The zero-order valence-corrected chi connectivity index (χ0v) is 11.9. The summed E-state index contributed by atoms with van der Waals surface area (Å²) in [5.74, 6) is 1.35. The number of piperidine rings is 1. The molecule has 0 atom stereocenters. The summed E-state index contributed by atoms with van der Waals surface area (Å²) in [5.41, 5.74) is 0. The molecule has 3 heteroatoms. The fraction of sp³-hybridized carbons (Fsp3) is 1.00. The average Bonchev–Trinajstić information content (AvgIpc) is 2.33. The van der Waals surface area contributed by atoms with Crippen molar-refractivity contribution in [2.24, 2.45) is 0 Å². The van der Waals surface area contributed by atoms with Crippen molar-refractivity contribution >= 4 is 11.8 Å².